The van der Waals surface area contributed by atoms with Gasteiger partial charge in [-0.3, -0.25) is 0 Å². The predicted molar refractivity (Wildman–Crippen MR) is 165 cm³/mol. The Labute approximate surface area is 226 Å². The summed E-state index contributed by atoms with van der Waals surface area (Å²) in [6.45, 7) is 0. The molecule has 0 aliphatic carbocycles. The third-order valence-corrected chi connectivity index (χ3v) is 7.88. The number of furan rings is 1. The van der Waals surface area contributed by atoms with Crippen LogP contribution in [-0.4, -0.2) is 0 Å². The predicted octanol–water partition coefficient (Wildman–Crippen LogP) is 10.9. The molecule has 39 heavy (non-hydrogen) atoms. The van der Waals surface area contributed by atoms with Gasteiger partial charge < -0.3 is 4.42 Å². The third kappa shape index (κ3) is 3.48. The van der Waals surface area contributed by atoms with Gasteiger partial charge >= 0.3 is 0 Å². The van der Waals surface area contributed by atoms with Crippen LogP contribution in [0.5, 0.6) is 0 Å². The van der Waals surface area contributed by atoms with Crippen molar-refractivity contribution in [1.82, 2.24) is 0 Å². The summed E-state index contributed by atoms with van der Waals surface area (Å²) in [7, 11) is 0. The standard InChI is InChI=1S/C38H24O/c1-3-11-25(12-4-1)28-16-9-18-32-34(28)24-35-29(26-13-5-2-6-14-26)17-10-19-33(35)38(32)27-21-22-31-30-15-7-8-20-36(30)39-37(31)23-27/h1-24H. The quantitative estimate of drug-likeness (QED) is 0.222. The molecule has 0 unspecified atom stereocenters. The summed E-state index contributed by atoms with van der Waals surface area (Å²) < 4.78 is 6.32. The van der Waals surface area contributed by atoms with Crippen LogP contribution in [0.3, 0.4) is 0 Å². The first kappa shape index (κ1) is 21.9. The third-order valence-electron chi connectivity index (χ3n) is 7.88. The van der Waals surface area contributed by atoms with Crippen LogP contribution in [0.1, 0.15) is 0 Å². The maximum absolute atomic E-state index is 6.32. The second-order valence-electron chi connectivity index (χ2n) is 10.1. The fraction of sp³-hybridized carbons (Fsp3) is 0. The molecule has 0 saturated heterocycles. The molecule has 8 rings (SSSR count). The molecular formula is C38H24O. The molecule has 0 fully saturated rings. The lowest BCUT2D eigenvalue weighted by molar-refractivity contribution is 0.669. The maximum Gasteiger partial charge on any atom is 0.136 e. The zero-order valence-corrected chi connectivity index (χ0v) is 21.3. The number of hydrogen-bond acceptors (Lipinski definition) is 1. The Bertz CT molecular complexity index is 2050. The Hall–Kier alpha value is -5.14. The van der Waals surface area contributed by atoms with Gasteiger partial charge in [0, 0.05) is 10.8 Å². The topological polar surface area (TPSA) is 13.1 Å². The van der Waals surface area contributed by atoms with Gasteiger partial charge in [0.05, 0.1) is 0 Å². The zero-order chi connectivity index (χ0) is 25.8. The second-order valence-corrected chi connectivity index (χ2v) is 10.1. The Morgan fingerprint density at radius 3 is 1.49 bits per heavy atom. The Morgan fingerprint density at radius 2 is 0.846 bits per heavy atom. The highest BCUT2D eigenvalue weighted by Crippen LogP contribution is 2.44. The van der Waals surface area contributed by atoms with Crippen LogP contribution in [0.15, 0.2) is 150 Å². The van der Waals surface area contributed by atoms with E-state index in [4.69, 9.17) is 4.42 Å². The molecule has 0 spiro atoms. The van der Waals surface area contributed by atoms with Crippen molar-refractivity contribution in [3.05, 3.63) is 146 Å². The highest BCUT2D eigenvalue weighted by atomic mass is 16.3. The van der Waals surface area contributed by atoms with Gasteiger partial charge in [0.1, 0.15) is 11.2 Å². The molecule has 8 aromatic rings. The van der Waals surface area contributed by atoms with E-state index >= 15 is 0 Å². The van der Waals surface area contributed by atoms with Gasteiger partial charge in [0.2, 0.25) is 0 Å². The highest BCUT2D eigenvalue weighted by Gasteiger charge is 2.17. The Balaban J connectivity index is 1.51. The summed E-state index contributed by atoms with van der Waals surface area (Å²) in [6.07, 6.45) is 0. The van der Waals surface area contributed by atoms with E-state index in [0.29, 0.717) is 0 Å². The van der Waals surface area contributed by atoms with E-state index in [-0.39, 0.29) is 0 Å². The smallest absolute Gasteiger partial charge is 0.136 e. The van der Waals surface area contributed by atoms with Crippen LogP contribution in [-0.2, 0) is 0 Å². The molecule has 0 aliphatic rings. The highest BCUT2D eigenvalue weighted by molar-refractivity contribution is 6.19. The van der Waals surface area contributed by atoms with Gasteiger partial charge in [-0.05, 0) is 79.2 Å². The summed E-state index contributed by atoms with van der Waals surface area (Å²) >= 11 is 0. The van der Waals surface area contributed by atoms with Gasteiger partial charge in [-0.25, -0.2) is 0 Å². The van der Waals surface area contributed by atoms with Gasteiger partial charge in [0.15, 0.2) is 0 Å². The molecule has 0 amide bonds. The van der Waals surface area contributed by atoms with Gasteiger partial charge in [-0.2, -0.15) is 0 Å². The summed E-state index contributed by atoms with van der Waals surface area (Å²) in [4.78, 5) is 0. The minimum absolute atomic E-state index is 0.914. The number of benzene rings is 7. The molecule has 1 heterocycles. The minimum Gasteiger partial charge on any atom is -0.456 e. The molecule has 0 aliphatic heterocycles. The first-order valence-corrected chi connectivity index (χ1v) is 13.4. The van der Waals surface area contributed by atoms with Gasteiger partial charge in [-0.1, -0.05) is 121 Å². The van der Waals surface area contributed by atoms with Gasteiger partial charge in [0.25, 0.3) is 0 Å². The fourth-order valence-electron chi connectivity index (χ4n) is 6.10. The summed E-state index contributed by atoms with van der Waals surface area (Å²) in [6, 6.07) is 52.1. The van der Waals surface area contributed by atoms with E-state index in [9.17, 15) is 0 Å². The second kappa shape index (κ2) is 8.72. The molecule has 0 bridgehead atoms. The van der Waals surface area contributed by atoms with Crippen molar-refractivity contribution < 1.29 is 4.42 Å². The van der Waals surface area contributed by atoms with E-state index in [1.54, 1.807) is 0 Å². The molecule has 0 N–H and O–H groups in total. The van der Waals surface area contributed by atoms with E-state index in [0.717, 1.165) is 27.5 Å². The van der Waals surface area contributed by atoms with Crippen LogP contribution in [0.2, 0.25) is 0 Å². The minimum atomic E-state index is 0.914. The van der Waals surface area contributed by atoms with E-state index < -0.39 is 0 Å². The number of rotatable bonds is 3. The number of para-hydroxylation sites is 1. The Morgan fingerprint density at radius 1 is 0.308 bits per heavy atom. The first-order chi connectivity index (χ1) is 19.3. The van der Waals surface area contributed by atoms with Crippen molar-refractivity contribution in [2.24, 2.45) is 0 Å². The molecule has 0 radical (unpaired) electrons. The molecule has 7 aromatic carbocycles. The number of hydrogen-bond donors (Lipinski definition) is 0. The van der Waals surface area contributed by atoms with Crippen LogP contribution >= 0.6 is 0 Å². The SMILES string of the molecule is c1ccc(-c2cccc3c(-c4ccc5c(c4)oc4ccccc45)c4cccc(-c5ccccc5)c4cc23)cc1. The summed E-state index contributed by atoms with van der Waals surface area (Å²) in [5.74, 6) is 0. The van der Waals surface area contributed by atoms with Gasteiger partial charge in [-0.15, -0.1) is 0 Å². The van der Waals surface area contributed by atoms with Crippen molar-refractivity contribution in [2.75, 3.05) is 0 Å². The summed E-state index contributed by atoms with van der Waals surface area (Å²) in [5, 5.41) is 7.28. The van der Waals surface area contributed by atoms with Crippen molar-refractivity contribution in [3.63, 3.8) is 0 Å². The average molecular weight is 497 g/mol. The zero-order valence-electron chi connectivity index (χ0n) is 21.3. The lowest BCUT2D eigenvalue weighted by Gasteiger charge is -2.17. The lowest BCUT2D eigenvalue weighted by Crippen LogP contribution is -1.90. The lowest BCUT2D eigenvalue weighted by atomic mass is 9.86. The van der Waals surface area contributed by atoms with E-state index in [1.165, 1.54) is 49.4 Å². The van der Waals surface area contributed by atoms with Crippen LogP contribution in [0.25, 0.3) is 76.9 Å². The van der Waals surface area contributed by atoms with Crippen molar-refractivity contribution in [1.29, 1.82) is 0 Å². The van der Waals surface area contributed by atoms with E-state index in [1.807, 2.05) is 12.1 Å². The maximum atomic E-state index is 6.32. The number of fused-ring (bicyclic) bond motifs is 5. The molecule has 0 saturated carbocycles. The molecular weight excluding hydrogens is 472 g/mol. The van der Waals surface area contributed by atoms with Crippen molar-refractivity contribution >= 4 is 43.5 Å². The molecule has 1 nitrogen and oxygen atoms in total. The van der Waals surface area contributed by atoms with Crippen LogP contribution < -0.4 is 0 Å². The summed E-state index contributed by atoms with van der Waals surface area (Å²) in [5.41, 5.74) is 9.15. The van der Waals surface area contributed by atoms with Crippen molar-refractivity contribution in [2.45, 2.75) is 0 Å². The monoisotopic (exact) mass is 496 g/mol. The molecule has 1 aromatic heterocycles. The van der Waals surface area contributed by atoms with Crippen molar-refractivity contribution in [3.8, 4) is 33.4 Å². The van der Waals surface area contributed by atoms with Crippen LogP contribution in [0.4, 0.5) is 0 Å². The Kier molecular flexibility index (Phi) is 4.89. The van der Waals surface area contributed by atoms with E-state index in [2.05, 4.69) is 133 Å². The van der Waals surface area contributed by atoms with Crippen LogP contribution in [0, 0.1) is 0 Å². The normalized spacial score (nSPS) is 11.6. The molecule has 182 valence electrons. The molecule has 0 atom stereocenters. The molecule has 1 heteroatoms. The fourth-order valence-corrected chi connectivity index (χ4v) is 6.10. The largest absolute Gasteiger partial charge is 0.456 e. The first-order valence-electron chi connectivity index (χ1n) is 13.4. The average Bonchev–Trinajstić information content (AvgIpc) is 3.38.